The van der Waals surface area contributed by atoms with E-state index in [0.717, 1.165) is 0 Å². The van der Waals surface area contributed by atoms with E-state index in [1.54, 1.807) is 12.1 Å². The Morgan fingerprint density at radius 2 is 1.95 bits per heavy atom. The Kier molecular flexibility index (Phi) is 3.74. The number of amides is 2. The minimum absolute atomic E-state index is 0.0872. The number of nitrogens with two attached hydrogens (primary N) is 1. The number of hydrogen-bond donors (Lipinski definition) is 2. The number of nitrogens with zero attached hydrogens (tertiary/aromatic N) is 1. The van der Waals surface area contributed by atoms with Gasteiger partial charge in [-0.3, -0.25) is 9.59 Å². The zero-order valence-electron chi connectivity index (χ0n) is 11.1. The Morgan fingerprint density at radius 3 is 2.55 bits per heavy atom. The van der Waals surface area contributed by atoms with Crippen molar-refractivity contribution in [2.24, 2.45) is 11.7 Å². The molecule has 1 aromatic rings. The fourth-order valence-electron chi connectivity index (χ4n) is 2.52. The van der Waals surface area contributed by atoms with Crippen molar-refractivity contribution in [3.05, 3.63) is 35.4 Å². The van der Waals surface area contributed by atoms with Crippen LogP contribution in [0.3, 0.4) is 0 Å². The second-order valence-corrected chi connectivity index (χ2v) is 4.99. The molecule has 1 aliphatic heterocycles. The van der Waals surface area contributed by atoms with Gasteiger partial charge in [0.25, 0.3) is 5.91 Å². The molecule has 106 valence electrons. The first-order valence-corrected chi connectivity index (χ1v) is 6.35. The maximum atomic E-state index is 12.4. The Labute approximate surface area is 116 Å². The fourth-order valence-corrected chi connectivity index (χ4v) is 2.52. The van der Waals surface area contributed by atoms with Gasteiger partial charge in [0.15, 0.2) is 0 Å². The maximum Gasteiger partial charge on any atom is 0.326 e. The normalized spacial score (nSPS) is 21.8. The Morgan fingerprint density at radius 1 is 1.30 bits per heavy atom. The summed E-state index contributed by atoms with van der Waals surface area (Å²) >= 11 is 0. The number of likely N-dealkylation sites (tertiary alicyclic amines) is 1. The third-order valence-corrected chi connectivity index (χ3v) is 3.61. The molecule has 0 saturated carbocycles. The van der Waals surface area contributed by atoms with Crippen molar-refractivity contribution in [1.82, 2.24) is 4.90 Å². The molecule has 3 N–H and O–H groups in total. The van der Waals surface area contributed by atoms with E-state index in [-0.39, 0.29) is 23.0 Å². The van der Waals surface area contributed by atoms with Crippen molar-refractivity contribution in [2.45, 2.75) is 19.4 Å². The average molecular weight is 276 g/mol. The van der Waals surface area contributed by atoms with Gasteiger partial charge in [0.05, 0.1) is 0 Å². The predicted octanol–water partition coefficient (Wildman–Crippen LogP) is 0.721. The van der Waals surface area contributed by atoms with Crippen molar-refractivity contribution in [2.75, 3.05) is 6.54 Å². The van der Waals surface area contributed by atoms with Crippen LogP contribution in [0.15, 0.2) is 24.3 Å². The molecular formula is C14H16N2O4. The summed E-state index contributed by atoms with van der Waals surface area (Å²) in [5.41, 5.74) is 5.69. The number of carbonyl (C=O) groups excluding carboxylic acids is 2. The summed E-state index contributed by atoms with van der Waals surface area (Å²) in [5, 5.41) is 9.22. The van der Waals surface area contributed by atoms with E-state index < -0.39 is 17.9 Å². The molecule has 0 spiro atoms. The topological polar surface area (TPSA) is 101 Å². The first-order valence-electron chi connectivity index (χ1n) is 6.35. The summed E-state index contributed by atoms with van der Waals surface area (Å²) in [4.78, 5) is 36.1. The number of primary amides is 1. The van der Waals surface area contributed by atoms with Crippen LogP contribution >= 0.6 is 0 Å². The second kappa shape index (κ2) is 5.32. The number of aliphatic carboxylic acids is 1. The van der Waals surface area contributed by atoms with Crippen molar-refractivity contribution in [3.8, 4) is 0 Å². The van der Waals surface area contributed by atoms with E-state index in [2.05, 4.69) is 0 Å². The molecule has 0 aromatic heterocycles. The standard InChI is InChI=1S/C14H16N2O4/c1-8-5-6-16(11(8)14(19)20)13(18)10-4-2-3-9(7-10)12(15)17/h2-4,7-8,11H,5-6H2,1H3,(H2,15,17)(H,19,20). The van der Waals surface area contributed by atoms with Gasteiger partial charge in [-0.2, -0.15) is 0 Å². The van der Waals surface area contributed by atoms with Crippen LogP contribution in [0, 0.1) is 5.92 Å². The lowest BCUT2D eigenvalue weighted by atomic mass is 10.0. The molecule has 1 heterocycles. The SMILES string of the molecule is CC1CCN(C(=O)c2cccc(C(N)=O)c2)C1C(=O)O. The molecule has 2 atom stereocenters. The Bertz CT molecular complexity index is 570. The molecule has 20 heavy (non-hydrogen) atoms. The summed E-state index contributed by atoms with van der Waals surface area (Å²) in [5.74, 6) is -2.10. The molecule has 6 heteroatoms. The number of benzene rings is 1. The van der Waals surface area contributed by atoms with Gasteiger partial charge in [-0.15, -0.1) is 0 Å². The smallest absolute Gasteiger partial charge is 0.326 e. The van der Waals surface area contributed by atoms with Crippen LogP contribution in [0.4, 0.5) is 0 Å². The van der Waals surface area contributed by atoms with Crippen LogP contribution < -0.4 is 5.73 Å². The number of carboxylic acid groups (broad SMARTS) is 1. The molecule has 2 amide bonds. The minimum Gasteiger partial charge on any atom is -0.480 e. The van der Waals surface area contributed by atoms with E-state index in [9.17, 15) is 19.5 Å². The van der Waals surface area contributed by atoms with Crippen LogP contribution in [-0.2, 0) is 4.79 Å². The summed E-state index contributed by atoms with van der Waals surface area (Å²) in [6, 6.07) is 5.20. The lowest BCUT2D eigenvalue weighted by Crippen LogP contribution is -2.42. The highest BCUT2D eigenvalue weighted by atomic mass is 16.4. The van der Waals surface area contributed by atoms with Gasteiger partial charge in [-0.05, 0) is 30.5 Å². The molecule has 1 saturated heterocycles. The van der Waals surface area contributed by atoms with Crippen LogP contribution in [0.1, 0.15) is 34.1 Å². The van der Waals surface area contributed by atoms with Crippen LogP contribution in [0.25, 0.3) is 0 Å². The molecule has 0 bridgehead atoms. The van der Waals surface area contributed by atoms with Gasteiger partial charge < -0.3 is 15.7 Å². The lowest BCUT2D eigenvalue weighted by Gasteiger charge is -2.23. The second-order valence-electron chi connectivity index (χ2n) is 4.99. The zero-order chi connectivity index (χ0) is 14.9. The number of rotatable bonds is 3. The van der Waals surface area contributed by atoms with Gasteiger partial charge in [-0.1, -0.05) is 13.0 Å². The monoisotopic (exact) mass is 276 g/mol. The number of carbonyl (C=O) groups is 3. The average Bonchev–Trinajstić information content (AvgIpc) is 2.80. The summed E-state index contributed by atoms with van der Waals surface area (Å²) in [7, 11) is 0. The molecule has 1 aromatic carbocycles. The van der Waals surface area contributed by atoms with E-state index >= 15 is 0 Å². The van der Waals surface area contributed by atoms with Crippen molar-refractivity contribution in [1.29, 1.82) is 0 Å². The van der Waals surface area contributed by atoms with Crippen LogP contribution in [-0.4, -0.2) is 40.4 Å². The lowest BCUT2D eigenvalue weighted by molar-refractivity contribution is -0.142. The summed E-state index contributed by atoms with van der Waals surface area (Å²) in [6.07, 6.45) is 0.651. The molecule has 2 unspecified atom stereocenters. The van der Waals surface area contributed by atoms with E-state index in [1.807, 2.05) is 6.92 Å². The van der Waals surface area contributed by atoms with Gasteiger partial charge in [0.2, 0.25) is 5.91 Å². The summed E-state index contributed by atoms with van der Waals surface area (Å²) in [6.45, 7) is 2.21. The van der Waals surface area contributed by atoms with Crippen molar-refractivity contribution in [3.63, 3.8) is 0 Å². The molecular weight excluding hydrogens is 260 g/mol. The quantitative estimate of drug-likeness (QED) is 0.849. The highest BCUT2D eigenvalue weighted by Crippen LogP contribution is 2.26. The Balaban J connectivity index is 2.29. The molecule has 0 aliphatic carbocycles. The van der Waals surface area contributed by atoms with Gasteiger partial charge in [0, 0.05) is 17.7 Å². The van der Waals surface area contributed by atoms with Crippen LogP contribution in [0.5, 0.6) is 0 Å². The number of carboxylic acids is 1. The highest BCUT2D eigenvalue weighted by Gasteiger charge is 2.39. The first-order chi connectivity index (χ1) is 9.41. The molecule has 6 nitrogen and oxygen atoms in total. The third kappa shape index (κ3) is 2.49. The first kappa shape index (κ1) is 14.0. The molecule has 2 rings (SSSR count). The maximum absolute atomic E-state index is 12.4. The highest BCUT2D eigenvalue weighted by molar-refractivity contribution is 6.00. The minimum atomic E-state index is -1.01. The largest absolute Gasteiger partial charge is 0.480 e. The zero-order valence-corrected chi connectivity index (χ0v) is 11.1. The third-order valence-electron chi connectivity index (χ3n) is 3.61. The van der Waals surface area contributed by atoms with Gasteiger partial charge in [-0.25, -0.2) is 4.79 Å². The van der Waals surface area contributed by atoms with Crippen molar-refractivity contribution >= 4 is 17.8 Å². The van der Waals surface area contributed by atoms with Gasteiger partial charge >= 0.3 is 5.97 Å². The van der Waals surface area contributed by atoms with Gasteiger partial charge in [0.1, 0.15) is 6.04 Å². The fraction of sp³-hybridized carbons (Fsp3) is 0.357. The summed E-state index contributed by atoms with van der Waals surface area (Å²) < 4.78 is 0. The number of hydrogen-bond acceptors (Lipinski definition) is 3. The van der Waals surface area contributed by atoms with E-state index in [0.29, 0.717) is 13.0 Å². The van der Waals surface area contributed by atoms with Crippen molar-refractivity contribution < 1.29 is 19.5 Å². The molecule has 1 aliphatic rings. The Hall–Kier alpha value is -2.37. The molecule has 1 fully saturated rings. The molecule has 0 radical (unpaired) electrons. The van der Waals surface area contributed by atoms with E-state index in [4.69, 9.17) is 5.73 Å². The van der Waals surface area contributed by atoms with Crippen LogP contribution in [0.2, 0.25) is 0 Å². The van der Waals surface area contributed by atoms with E-state index in [1.165, 1.54) is 17.0 Å². The predicted molar refractivity (Wildman–Crippen MR) is 71.2 cm³/mol.